The van der Waals surface area contributed by atoms with Crippen LogP contribution in [0.25, 0.3) is 0 Å². The van der Waals surface area contributed by atoms with Crippen molar-refractivity contribution < 1.29 is 33.2 Å². The minimum atomic E-state index is -2.49. The van der Waals surface area contributed by atoms with Gasteiger partial charge < -0.3 is 5.11 Å². The van der Waals surface area contributed by atoms with Gasteiger partial charge in [0, 0.05) is 5.56 Å². The summed E-state index contributed by atoms with van der Waals surface area (Å²) in [7, 11) is -2.49. The molecule has 0 amide bonds. The van der Waals surface area contributed by atoms with Crippen LogP contribution in [0.4, 0.5) is 0 Å². The average Bonchev–Trinajstić information content (AvgIpc) is 2.73. The van der Waals surface area contributed by atoms with Gasteiger partial charge in [-0.15, -0.1) is 4.89 Å². The van der Waals surface area contributed by atoms with Gasteiger partial charge in [0.15, 0.2) is 6.16 Å². The molecule has 0 spiro atoms. The van der Waals surface area contributed by atoms with E-state index in [4.69, 9.17) is 23.3 Å². The van der Waals surface area contributed by atoms with Crippen LogP contribution in [-0.2, 0) is 29.5 Å². The Kier molecular flexibility index (Phi) is 9.67. The lowest BCUT2D eigenvalue weighted by Crippen LogP contribution is -2.11. The monoisotopic (exact) mass is 423 g/mol. The molecule has 1 unspecified atom stereocenters. The van der Waals surface area contributed by atoms with Gasteiger partial charge in [0.25, 0.3) is 0 Å². The Balaban J connectivity index is 1.98. The van der Waals surface area contributed by atoms with Crippen LogP contribution in [-0.4, -0.2) is 30.9 Å². The average molecular weight is 423 g/mol. The highest BCUT2D eigenvalue weighted by Crippen LogP contribution is 2.64. The van der Waals surface area contributed by atoms with Crippen molar-refractivity contribution in [2.75, 3.05) is 19.8 Å². The van der Waals surface area contributed by atoms with Crippen molar-refractivity contribution in [2.24, 2.45) is 0 Å². The molecule has 8 heteroatoms. The van der Waals surface area contributed by atoms with E-state index in [1.54, 1.807) is 48.5 Å². The zero-order valence-corrected chi connectivity index (χ0v) is 17.8. The fourth-order valence-corrected chi connectivity index (χ4v) is 4.95. The first-order chi connectivity index (χ1) is 14.0. The number of aliphatic hydroxyl groups is 1. The third kappa shape index (κ3) is 7.16. The number of hydrogen-bond acceptors (Lipinski definition) is 7. The van der Waals surface area contributed by atoms with Crippen LogP contribution < -0.4 is 0 Å². The van der Waals surface area contributed by atoms with Crippen molar-refractivity contribution >= 4 is 13.9 Å². The molecule has 0 aliphatic heterocycles. The molecule has 1 atom stereocenters. The number of benzene rings is 2. The lowest BCUT2D eigenvalue weighted by Gasteiger charge is -2.21. The largest absolute Gasteiger partial charge is 0.416 e. The Hall–Kier alpha value is -1.86. The minimum absolute atomic E-state index is 0.294. The van der Waals surface area contributed by atoms with Crippen LogP contribution >= 0.6 is 7.94 Å². The van der Waals surface area contributed by atoms with E-state index in [0.29, 0.717) is 37.1 Å². The normalized spacial score (nSPS) is 12.6. The van der Waals surface area contributed by atoms with Crippen LogP contribution in [0.3, 0.4) is 0 Å². The Morgan fingerprint density at radius 2 is 1.45 bits per heavy atom. The molecule has 0 saturated heterocycles. The van der Waals surface area contributed by atoms with E-state index < -0.39 is 20.2 Å². The summed E-state index contributed by atoms with van der Waals surface area (Å²) in [6.45, 7) is 7.15. The zero-order chi connectivity index (χ0) is 21.1. The first-order valence-corrected chi connectivity index (χ1v) is 11.3. The zero-order valence-electron chi connectivity index (χ0n) is 16.9. The molecule has 0 aliphatic carbocycles. The standard InChI is InChI=1S/C21H28O7P/c1-4-24-29(25-5-2,26-6-3)16-17-12-14-19(15-13-17)21(23)28-27-20(22)18-10-8-7-9-11-18/h7-15,20,22H,4-6,16H2,1-3H3/q+1. The quantitative estimate of drug-likeness (QED) is 0.226. The first kappa shape index (κ1) is 23.4. The molecule has 7 nitrogen and oxygen atoms in total. The predicted octanol–water partition coefficient (Wildman–Crippen LogP) is 4.84. The molecule has 158 valence electrons. The molecular weight excluding hydrogens is 395 g/mol. The molecule has 0 saturated carbocycles. The highest BCUT2D eigenvalue weighted by molar-refractivity contribution is 7.60. The summed E-state index contributed by atoms with van der Waals surface area (Å²) in [4.78, 5) is 21.7. The smallest absolute Gasteiger partial charge is 0.361 e. The summed E-state index contributed by atoms with van der Waals surface area (Å²) in [6, 6.07) is 15.4. The maximum Gasteiger partial charge on any atom is 0.416 e. The van der Waals surface area contributed by atoms with E-state index in [-0.39, 0.29) is 0 Å². The molecule has 2 aromatic carbocycles. The highest BCUT2D eigenvalue weighted by atomic mass is 31.2. The van der Waals surface area contributed by atoms with Crippen LogP contribution in [0.2, 0.25) is 0 Å². The summed E-state index contributed by atoms with van der Waals surface area (Å²) in [6.07, 6.45) is -0.880. The maximum absolute atomic E-state index is 12.2. The van der Waals surface area contributed by atoms with Crippen LogP contribution in [0.15, 0.2) is 54.6 Å². The van der Waals surface area contributed by atoms with Gasteiger partial charge in [-0.2, -0.15) is 13.6 Å². The summed E-state index contributed by atoms with van der Waals surface area (Å²) < 4.78 is 17.5. The van der Waals surface area contributed by atoms with Crippen molar-refractivity contribution in [3.8, 4) is 0 Å². The van der Waals surface area contributed by atoms with Crippen LogP contribution in [0, 0.1) is 0 Å². The van der Waals surface area contributed by atoms with E-state index in [2.05, 4.69) is 0 Å². The lowest BCUT2D eigenvalue weighted by atomic mass is 10.1. The Bertz CT molecular complexity index is 719. The highest BCUT2D eigenvalue weighted by Gasteiger charge is 2.44. The molecule has 0 aromatic heterocycles. The van der Waals surface area contributed by atoms with Gasteiger partial charge in [0.05, 0.1) is 25.4 Å². The third-order valence-electron chi connectivity index (χ3n) is 3.84. The van der Waals surface area contributed by atoms with E-state index in [9.17, 15) is 9.90 Å². The van der Waals surface area contributed by atoms with Gasteiger partial charge in [-0.1, -0.05) is 42.5 Å². The van der Waals surface area contributed by atoms with Gasteiger partial charge in [-0.25, -0.2) is 4.79 Å². The molecule has 2 rings (SSSR count). The van der Waals surface area contributed by atoms with Crippen LogP contribution in [0.5, 0.6) is 0 Å². The number of carbonyl (C=O) groups is 1. The molecule has 0 bridgehead atoms. The molecule has 0 radical (unpaired) electrons. The van der Waals surface area contributed by atoms with Gasteiger partial charge in [-0.3, -0.25) is 4.89 Å². The number of carbonyl (C=O) groups excluding carboxylic acids is 1. The lowest BCUT2D eigenvalue weighted by molar-refractivity contribution is -0.332. The fraction of sp³-hybridized carbons (Fsp3) is 0.381. The number of rotatable bonds is 12. The molecule has 29 heavy (non-hydrogen) atoms. The Morgan fingerprint density at radius 3 is 1.97 bits per heavy atom. The van der Waals surface area contributed by atoms with E-state index in [1.807, 2.05) is 26.8 Å². The molecular formula is C21H28O7P+. The van der Waals surface area contributed by atoms with Gasteiger partial charge in [0.2, 0.25) is 6.29 Å². The van der Waals surface area contributed by atoms with Crippen molar-refractivity contribution in [3.63, 3.8) is 0 Å². The van der Waals surface area contributed by atoms with E-state index >= 15 is 0 Å². The second-order valence-electron chi connectivity index (χ2n) is 5.95. The topological polar surface area (TPSA) is 83.5 Å². The predicted molar refractivity (Wildman–Crippen MR) is 110 cm³/mol. The van der Waals surface area contributed by atoms with E-state index in [1.165, 1.54) is 0 Å². The van der Waals surface area contributed by atoms with Crippen LogP contribution in [0.1, 0.15) is 48.5 Å². The Labute approximate surface area is 172 Å². The fourth-order valence-electron chi connectivity index (χ4n) is 2.62. The second-order valence-corrected chi connectivity index (χ2v) is 8.26. The molecule has 2 aromatic rings. The van der Waals surface area contributed by atoms with E-state index in [0.717, 1.165) is 5.56 Å². The minimum Gasteiger partial charge on any atom is -0.361 e. The SMILES string of the molecule is CCO[P+](Cc1ccc(C(=O)OOC(O)c2ccccc2)cc1)(OCC)OCC. The van der Waals surface area contributed by atoms with Gasteiger partial charge in [0.1, 0.15) is 0 Å². The number of aliphatic hydroxyl groups excluding tert-OH is 1. The Morgan fingerprint density at radius 1 is 0.897 bits per heavy atom. The molecule has 0 fully saturated rings. The summed E-state index contributed by atoms with van der Waals surface area (Å²) in [5.41, 5.74) is 1.69. The number of hydrogen-bond donors (Lipinski definition) is 1. The van der Waals surface area contributed by atoms with Crippen molar-refractivity contribution in [3.05, 3.63) is 71.3 Å². The van der Waals surface area contributed by atoms with Crippen molar-refractivity contribution in [1.29, 1.82) is 0 Å². The van der Waals surface area contributed by atoms with Gasteiger partial charge >= 0.3 is 13.9 Å². The maximum atomic E-state index is 12.2. The van der Waals surface area contributed by atoms with Gasteiger partial charge in [-0.05, 0) is 38.5 Å². The summed E-state index contributed by atoms with van der Waals surface area (Å²) >= 11 is 0. The summed E-state index contributed by atoms with van der Waals surface area (Å²) in [5.74, 6) is -0.702. The molecule has 0 aliphatic rings. The third-order valence-corrected chi connectivity index (χ3v) is 6.55. The molecule has 0 heterocycles. The summed E-state index contributed by atoms with van der Waals surface area (Å²) in [5, 5.41) is 9.90. The second kappa shape index (κ2) is 12.0. The molecule has 1 N–H and O–H groups in total. The van der Waals surface area contributed by atoms with Crippen molar-refractivity contribution in [1.82, 2.24) is 0 Å². The van der Waals surface area contributed by atoms with Crippen molar-refractivity contribution in [2.45, 2.75) is 33.2 Å². The first-order valence-electron chi connectivity index (χ1n) is 9.54.